The van der Waals surface area contributed by atoms with E-state index in [2.05, 4.69) is 26.8 Å². The van der Waals surface area contributed by atoms with Gasteiger partial charge in [-0.05, 0) is 25.1 Å². The first-order chi connectivity index (χ1) is 13.5. The molecule has 8 heteroatoms. The summed E-state index contributed by atoms with van der Waals surface area (Å²) in [6, 6.07) is 3.36. The molecule has 0 saturated carbocycles. The smallest absolute Gasteiger partial charge is 0.273 e. The van der Waals surface area contributed by atoms with Crippen LogP contribution in [0, 0.1) is 0 Å². The molecule has 3 rings (SSSR count). The molecule has 28 heavy (non-hydrogen) atoms. The molecule has 3 aromatic rings. The molecule has 0 aliphatic rings. The molecule has 0 atom stereocenters. The van der Waals surface area contributed by atoms with Gasteiger partial charge >= 0.3 is 0 Å². The Morgan fingerprint density at radius 3 is 2.61 bits per heavy atom. The van der Waals surface area contributed by atoms with Gasteiger partial charge in [0.15, 0.2) is 0 Å². The SMILES string of the molecule is C=CC=c1c(=CC)c(O)c(-c2[nH][nH]c(=O)c2C=Nc2ccncc2)c(=O)n1C. The van der Waals surface area contributed by atoms with Crippen LogP contribution in [-0.4, -0.2) is 31.1 Å². The fourth-order valence-electron chi connectivity index (χ4n) is 2.90. The molecule has 0 amide bonds. The third-order valence-electron chi connectivity index (χ3n) is 4.28. The molecule has 0 radical (unpaired) electrons. The number of allylic oxidation sites excluding steroid dienone is 1. The largest absolute Gasteiger partial charge is 0.506 e. The first kappa shape index (κ1) is 18.8. The van der Waals surface area contributed by atoms with Gasteiger partial charge in [-0.3, -0.25) is 29.8 Å². The molecule has 0 bridgehead atoms. The average Bonchev–Trinajstić information content (AvgIpc) is 3.06. The van der Waals surface area contributed by atoms with E-state index in [9.17, 15) is 14.7 Å². The fourth-order valence-corrected chi connectivity index (χ4v) is 2.90. The monoisotopic (exact) mass is 377 g/mol. The van der Waals surface area contributed by atoms with E-state index < -0.39 is 11.1 Å². The van der Waals surface area contributed by atoms with Gasteiger partial charge in [-0.1, -0.05) is 18.7 Å². The number of rotatable bonds is 4. The van der Waals surface area contributed by atoms with Crippen LogP contribution in [0.4, 0.5) is 5.69 Å². The van der Waals surface area contributed by atoms with E-state index in [1.807, 2.05) is 0 Å². The van der Waals surface area contributed by atoms with Gasteiger partial charge in [-0.2, -0.15) is 0 Å². The normalized spacial score (nSPS) is 12.8. The third-order valence-corrected chi connectivity index (χ3v) is 4.28. The summed E-state index contributed by atoms with van der Waals surface area (Å²) in [6.07, 6.45) is 9.35. The molecule has 142 valence electrons. The van der Waals surface area contributed by atoms with Gasteiger partial charge in [-0.25, -0.2) is 0 Å². The summed E-state index contributed by atoms with van der Waals surface area (Å²) in [4.78, 5) is 33.3. The molecule has 0 fully saturated rings. The van der Waals surface area contributed by atoms with Crippen LogP contribution in [-0.2, 0) is 7.05 Å². The lowest BCUT2D eigenvalue weighted by Gasteiger charge is -2.09. The zero-order valence-electron chi connectivity index (χ0n) is 15.4. The first-order valence-corrected chi connectivity index (χ1v) is 8.45. The maximum Gasteiger partial charge on any atom is 0.273 e. The lowest BCUT2D eigenvalue weighted by molar-refractivity contribution is 0.468. The summed E-state index contributed by atoms with van der Waals surface area (Å²) in [5.41, 5.74) is -0.0626. The highest BCUT2D eigenvalue weighted by molar-refractivity contribution is 5.90. The molecular formula is C20H19N5O3. The molecule has 0 aliphatic carbocycles. The fraction of sp³-hybridized carbons (Fsp3) is 0.100. The average molecular weight is 377 g/mol. The van der Waals surface area contributed by atoms with E-state index >= 15 is 0 Å². The van der Waals surface area contributed by atoms with E-state index in [0.29, 0.717) is 16.3 Å². The molecule has 0 spiro atoms. The Morgan fingerprint density at radius 2 is 1.96 bits per heavy atom. The zero-order chi connectivity index (χ0) is 20.3. The Kier molecular flexibility index (Phi) is 5.21. The minimum atomic E-state index is -0.468. The molecule has 3 aromatic heterocycles. The van der Waals surface area contributed by atoms with Gasteiger partial charge in [0.2, 0.25) is 0 Å². The van der Waals surface area contributed by atoms with Crippen LogP contribution in [0.1, 0.15) is 12.5 Å². The molecule has 0 aromatic carbocycles. The number of aliphatic imine (C=N–C) groups is 1. The van der Waals surface area contributed by atoms with Crippen molar-refractivity contribution >= 4 is 24.1 Å². The quantitative estimate of drug-likeness (QED) is 0.580. The number of aromatic amines is 2. The second-order valence-corrected chi connectivity index (χ2v) is 5.91. The topological polar surface area (TPSA) is 116 Å². The summed E-state index contributed by atoms with van der Waals surface area (Å²) in [7, 11) is 1.59. The van der Waals surface area contributed by atoms with Crippen molar-refractivity contribution in [1.82, 2.24) is 19.7 Å². The molecule has 8 nitrogen and oxygen atoms in total. The van der Waals surface area contributed by atoms with Crippen molar-refractivity contribution in [3.63, 3.8) is 0 Å². The van der Waals surface area contributed by atoms with Gasteiger partial charge in [-0.15, -0.1) is 0 Å². The molecule has 0 unspecified atom stereocenters. The Bertz CT molecular complexity index is 1290. The number of nitrogens with zero attached hydrogens (tertiary/aromatic N) is 3. The van der Waals surface area contributed by atoms with Gasteiger partial charge in [0.25, 0.3) is 11.1 Å². The molecule has 3 N–H and O–H groups in total. The second-order valence-electron chi connectivity index (χ2n) is 5.91. The van der Waals surface area contributed by atoms with Crippen molar-refractivity contribution in [2.75, 3.05) is 0 Å². The summed E-state index contributed by atoms with van der Waals surface area (Å²) >= 11 is 0. The van der Waals surface area contributed by atoms with Gasteiger partial charge in [0.1, 0.15) is 11.3 Å². The van der Waals surface area contributed by atoms with Crippen LogP contribution in [0.25, 0.3) is 23.4 Å². The minimum Gasteiger partial charge on any atom is -0.506 e. The standard InChI is InChI=1S/C20H19N5O3/c1-4-6-15-13(5-2)18(26)16(20(28)25(15)3)17-14(19(27)24-23-17)11-22-12-7-9-21-10-8-12/h4-11,26H,1H2,2-3H3,(H2,23,24,27). The van der Waals surface area contributed by atoms with Crippen LogP contribution >= 0.6 is 0 Å². The van der Waals surface area contributed by atoms with Crippen LogP contribution < -0.4 is 21.7 Å². The molecule has 0 aliphatic heterocycles. The Labute approximate surface area is 159 Å². The highest BCUT2D eigenvalue weighted by atomic mass is 16.3. The molecule has 0 saturated heterocycles. The van der Waals surface area contributed by atoms with Crippen LogP contribution in [0.15, 0.2) is 51.8 Å². The zero-order valence-corrected chi connectivity index (χ0v) is 15.4. The number of aromatic hydroxyl groups is 1. The maximum absolute atomic E-state index is 12.9. The lowest BCUT2D eigenvalue weighted by atomic mass is 10.1. The van der Waals surface area contributed by atoms with Crippen molar-refractivity contribution in [3.8, 4) is 17.0 Å². The highest BCUT2D eigenvalue weighted by Gasteiger charge is 2.20. The number of pyridine rings is 2. The van der Waals surface area contributed by atoms with E-state index in [1.54, 1.807) is 50.6 Å². The van der Waals surface area contributed by atoms with Crippen molar-refractivity contribution in [1.29, 1.82) is 0 Å². The molecule has 3 heterocycles. The Hall–Kier alpha value is -3.94. The first-order valence-electron chi connectivity index (χ1n) is 8.45. The van der Waals surface area contributed by atoms with Crippen LogP contribution in [0.3, 0.4) is 0 Å². The number of aromatic nitrogens is 4. The van der Waals surface area contributed by atoms with Gasteiger partial charge < -0.3 is 9.67 Å². The van der Waals surface area contributed by atoms with Gasteiger partial charge in [0, 0.05) is 30.9 Å². The molecular weight excluding hydrogens is 358 g/mol. The van der Waals surface area contributed by atoms with Crippen LogP contribution in [0.5, 0.6) is 5.75 Å². The van der Waals surface area contributed by atoms with E-state index in [-0.39, 0.29) is 22.6 Å². The maximum atomic E-state index is 12.9. The van der Waals surface area contributed by atoms with E-state index in [1.165, 1.54) is 16.9 Å². The number of hydrogen-bond acceptors (Lipinski definition) is 5. The summed E-state index contributed by atoms with van der Waals surface area (Å²) in [6.45, 7) is 5.39. The Morgan fingerprint density at radius 1 is 1.25 bits per heavy atom. The van der Waals surface area contributed by atoms with Crippen molar-refractivity contribution in [3.05, 3.63) is 74.0 Å². The summed E-state index contributed by atoms with van der Waals surface area (Å²) in [5.74, 6) is -0.229. The van der Waals surface area contributed by atoms with Crippen molar-refractivity contribution in [2.45, 2.75) is 6.92 Å². The van der Waals surface area contributed by atoms with E-state index in [0.717, 1.165) is 0 Å². The second kappa shape index (κ2) is 7.75. The van der Waals surface area contributed by atoms with Gasteiger partial charge in [0.05, 0.1) is 22.3 Å². The Balaban J connectivity index is 2.30. The number of nitrogens with one attached hydrogen (secondary N) is 2. The predicted octanol–water partition coefficient (Wildman–Crippen LogP) is 0.687. The lowest BCUT2D eigenvalue weighted by Crippen LogP contribution is -2.42. The predicted molar refractivity (Wildman–Crippen MR) is 109 cm³/mol. The van der Waals surface area contributed by atoms with Crippen molar-refractivity contribution < 1.29 is 5.11 Å². The summed E-state index contributed by atoms with van der Waals surface area (Å²) in [5, 5.41) is 16.9. The van der Waals surface area contributed by atoms with Crippen LogP contribution in [0.2, 0.25) is 0 Å². The number of hydrogen-bond donors (Lipinski definition) is 3. The van der Waals surface area contributed by atoms with Crippen molar-refractivity contribution in [2.24, 2.45) is 12.0 Å². The third kappa shape index (κ3) is 3.23. The number of H-pyrrole nitrogens is 2. The van der Waals surface area contributed by atoms with E-state index in [4.69, 9.17) is 0 Å². The summed E-state index contributed by atoms with van der Waals surface area (Å²) < 4.78 is 1.39. The minimum absolute atomic E-state index is 0.0219. The highest BCUT2D eigenvalue weighted by Crippen LogP contribution is 2.21.